The monoisotopic (exact) mass is 426 g/mol. The minimum Gasteiger partial charge on any atom is -0.336 e. The van der Waals surface area contributed by atoms with Crippen molar-refractivity contribution >= 4 is 28.8 Å². The second kappa shape index (κ2) is 7.75. The van der Waals surface area contributed by atoms with Gasteiger partial charge in [0.1, 0.15) is 11.5 Å². The number of rotatable bonds is 3. The van der Waals surface area contributed by atoms with E-state index in [-0.39, 0.29) is 17.6 Å². The molecule has 160 valence electrons. The van der Waals surface area contributed by atoms with Crippen LogP contribution in [0.4, 0.5) is 15.8 Å². The van der Waals surface area contributed by atoms with Gasteiger partial charge in [0.05, 0.1) is 11.3 Å². The van der Waals surface area contributed by atoms with Crippen LogP contribution in [0.3, 0.4) is 0 Å². The van der Waals surface area contributed by atoms with Crippen LogP contribution >= 0.6 is 0 Å². The molecule has 2 aliphatic rings. The van der Waals surface area contributed by atoms with Crippen LogP contribution in [-0.4, -0.2) is 18.4 Å². The molecule has 2 aliphatic heterocycles. The number of anilines is 2. The normalized spacial score (nSPS) is 16.1. The van der Waals surface area contributed by atoms with Crippen molar-refractivity contribution in [1.82, 2.24) is 0 Å². The van der Waals surface area contributed by atoms with E-state index < -0.39 is 0 Å². The molecule has 3 aromatic carbocycles. The Morgan fingerprint density at radius 3 is 2.34 bits per heavy atom. The maximum atomic E-state index is 13.8. The molecule has 0 saturated heterocycles. The van der Waals surface area contributed by atoms with Crippen LogP contribution in [0.5, 0.6) is 0 Å². The molecular formula is C27H23FN2O2. The minimum atomic E-state index is -0.387. The topological polar surface area (TPSA) is 40.6 Å². The van der Waals surface area contributed by atoms with Gasteiger partial charge in [-0.3, -0.25) is 9.59 Å². The molecule has 0 saturated carbocycles. The van der Waals surface area contributed by atoms with Crippen LogP contribution < -0.4 is 9.80 Å². The quantitative estimate of drug-likeness (QED) is 0.542. The number of carbonyl (C=O) groups excluding carboxylic acids is 2. The van der Waals surface area contributed by atoms with Gasteiger partial charge in [-0.2, -0.15) is 0 Å². The molecule has 32 heavy (non-hydrogen) atoms. The summed E-state index contributed by atoms with van der Waals surface area (Å²) in [5, 5.41) is 0. The predicted octanol–water partition coefficient (Wildman–Crippen LogP) is 5.18. The van der Waals surface area contributed by atoms with Crippen LogP contribution in [0, 0.1) is 19.7 Å². The summed E-state index contributed by atoms with van der Waals surface area (Å²) in [6.45, 7) is 4.59. The minimum absolute atomic E-state index is 0.310. The smallest absolute Gasteiger partial charge is 0.282 e. The Morgan fingerprint density at radius 2 is 1.59 bits per heavy atom. The average molecular weight is 426 g/mol. The molecular weight excluding hydrogens is 403 g/mol. The van der Waals surface area contributed by atoms with Gasteiger partial charge >= 0.3 is 0 Å². The number of fused-ring (bicyclic) bond motifs is 1. The van der Waals surface area contributed by atoms with Crippen molar-refractivity contribution < 1.29 is 14.0 Å². The van der Waals surface area contributed by atoms with Gasteiger partial charge in [0.25, 0.3) is 11.8 Å². The number of nitrogens with zero attached hydrogens (tertiary/aromatic N) is 2. The number of amides is 2. The number of aryl methyl sites for hydroxylation is 3. The molecule has 5 rings (SSSR count). The number of para-hydroxylation sites is 1. The molecule has 2 heterocycles. The molecule has 4 nitrogen and oxygen atoms in total. The van der Waals surface area contributed by atoms with Crippen molar-refractivity contribution in [2.75, 3.05) is 16.3 Å². The summed E-state index contributed by atoms with van der Waals surface area (Å²) in [5.41, 5.74) is 5.92. The number of benzene rings is 3. The van der Waals surface area contributed by atoms with Crippen molar-refractivity contribution in [3.05, 3.63) is 100 Å². The highest BCUT2D eigenvalue weighted by Crippen LogP contribution is 2.39. The Hall–Kier alpha value is -3.73. The lowest BCUT2D eigenvalue weighted by molar-refractivity contribution is -0.120. The van der Waals surface area contributed by atoms with E-state index in [1.807, 2.05) is 49.1 Å². The Morgan fingerprint density at radius 1 is 0.844 bits per heavy atom. The van der Waals surface area contributed by atoms with Gasteiger partial charge in [-0.05, 0) is 79.3 Å². The first-order valence-corrected chi connectivity index (χ1v) is 10.8. The van der Waals surface area contributed by atoms with Gasteiger partial charge in [0, 0.05) is 12.2 Å². The molecule has 2 amide bonds. The summed E-state index contributed by atoms with van der Waals surface area (Å²) in [6, 6.07) is 19.3. The largest absolute Gasteiger partial charge is 0.336 e. The fraction of sp³-hybridized carbons (Fsp3) is 0.185. The first kappa shape index (κ1) is 20.2. The predicted molar refractivity (Wildman–Crippen MR) is 124 cm³/mol. The van der Waals surface area contributed by atoms with E-state index in [9.17, 15) is 14.0 Å². The summed E-state index contributed by atoms with van der Waals surface area (Å²) < 4.78 is 13.6. The van der Waals surface area contributed by atoms with E-state index in [1.54, 1.807) is 18.2 Å². The van der Waals surface area contributed by atoms with Crippen LogP contribution in [-0.2, 0) is 16.0 Å². The molecule has 3 aromatic rings. The van der Waals surface area contributed by atoms with Gasteiger partial charge in [0.15, 0.2) is 0 Å². The fourth-order valence-electron chi connectivity index (χ4n) is 4.51. The number of carbonyl (C=O) groups is 2. The third kappa shape index (κ3) is 3.21. The van der Waals surface area contributed by atoms with Crippen LogP contribution in [0.2, 0.25) is 0 Å². The van der Waals surface area contributed by atoms with Crippen molar-refractivity contribution in [1.29, 1.82) is 0 Å². The van der Waals surface area contributed by atoms with Crippen LogP contribution in [0.25, 0.3) is 5.57 Å². The average Bonchev–Trinajstić information content (AvgIpc) is 3.06. The molecule has 0 fully saturated rings. The third-order valence-corrected chi connectivity index (χ3v) is 6.32. The van der Waals surface area contributed by atoms with Crippen molar-refractivity contribution in [2.45, 2.75) is 26.7 Å². The second-order valence-electron chi connectivity index (χ2n) is 8.33. The van der Waals surface area contributed by atoms with Crippen molar-refractivity contribution in [2.24, 2.45) is 0 Å². The Bertz CT molecular complexity index is 1280. The summed E-state index contributed by atoms with van der Waals surface area (Å²) in [5.74, 6) is -1.13. The van der Waals surface area contributed by atoms with Gasteiger partial charge in [0.2, 0.25) is 0 Å². The summed E-state index contributed by atoms with van der Waals surface area (Å²) in [4.78, 5) is 30.7. The maximum Gasteiger partial charge on any atom is 0.282 e. The molecule has 0 bridgehead atoms. The van der Waals surface area contributed by atoms with Crippen molar-refractivity contribution in [3.63, 3.8) is 0 Å². The lowest BCUT2D eigenvalue weighted by atomic mass is 9.98. The number of hydrogen-bond donors (Lipinski definition) is 0. The number of imide groups is 1. The molecule has 0 atom stereocenters. The SMILES string of the molecule is Cc1ccc(N2C(=O)C(c3ccc(F)cc3)=C(N3CCCc4ccccc43)C2=O)cc1C. The van der Waals surface area contributed by atoms with E-state index in [1.165, 1.54) is 17.0 Å². The zero-order valence-electron chi connectivity index (χ0n) is 18.1. The molecule has 0 spiro atoms. The van der Waals surface area contributed by atoms with E-state index in [0.717, 1.165) is 35.2 Å². The summed E-state index contributed by atoms with van der Waals surface area (Å²) in [6.07, 6.45) is 1.80. The zero-order valence-corrected chi connectivity index (χ0v) is 18.1. The van der Waals surface area contributed by atoms with Crippen LogP contribution in [0.1, 0.15) is 28.7 Å². The highest BCUT2D eigenvalue weighted by Gasteiger charge is 2.43. The van der Waals surface area contributed by atoms with Gasteiger partial charge < -0.3 is 4.90 Å². The van der Waals surface area contributed by atoms with Gasteiger partial charge in [-0.15, -0.1) is 0 Å². The fourth-order valence-corrected chi connectivity index (χ4v) is 4.51. The summed E-state index contributed by atoms with van der Waals surface area (Å²) >= 11 is 0. The first-order chi connectivity index (χ1) is 15.5. The molecule has 0 unspecified atom stereocenters. The van der Waals surface area contributed by atoms with Gasteiger partial charge in [-0.1, -0.05) is 36.4 Å². The van der Waals surface area contributed by atoms with Crippen molar-refractivity contribution in [3.8, 4) is 0 Å². The Balaban J connectivity index is 1.70. The Labute approximate surface area is 186 Å². The lowest BCUT2D eigenvalue weighted by Crippen LogP contribution is -2.37. The van der Waals surface area contributed by atoms with E-state index in [2.05, 4.69) is 6.07 Å². The van der Waals surface area contributed by atoms with Gasteiger partial charge in [-0.25, -0.2) is 9.29 Å². The van der Waals surface area contributed by atoms with E-state index in [4.69, 9.17) is 0 Å². The summed E-state index contributed by atoms with van der Waals surface area (Å²) in [7, 11) is 0. The third-order valence-electron chi connectivity index (χ3n) is 6.32. The highest BCUT2D eigenvalue weighted by molar-refractivity contribution is 6.46. The molecule has 0 radical (unpaired) electrons. The zero-order chi connectivity index (χ0) is 22.4. The first-order valence-electron chi connectivity index (χ1n) is 10.8. The second-order valence-corrected chi connectivity index (χ2v) is 8.33. The number of hydrogen-bond acceptors (Lipinski definition) is 3. The van der Waals surface area contributed by atoms with E-state index >= 15 is 0 Å². The molecule has 0 N–H and O–H groups in total. The molecule has 5 heteroatoms. The van der Waals surface area contributed by atoms with E-state index in [0.29, 0.717) is 29.1 Å². The lowest BCUT2D eigenvalue weighted by Gasteiger charge is -2.32. The highest BCUT2D eigenvalue weighted by atomic mass is 19.1. The molecule has 0 aliphatic carbocycles. The Kier molecular flexibility index (Phi) is 4.89. The molecule has 0 aromatic heterocycles. The van der Waals surface area contributed by atoms with Crippen LogP contribution in [0.15, 0.2) is 72.4 Å². The maximum absolute atomic E-state index is 13.8. The number of halogens is 1. The standard InChI is InChI=1S/C27H23FN2O2/c1-17-9-14-22(16-18(17)2)30-26(31)24(20-10-12-21(28)13-11-20)25(27(30)32)29-15-5-7-19-6-3-4-8-23(19)29/h3-4,6,8-14,16H,5,7,15H2,1-2H3.